The van der Waals surface area contributed by atoms with Crippen molar-refractivity contribution in [3.05, 3.63) is 24.7 Å². The first-order valence-electron chi connectivity index (χ1n) is 13.9. The van der Waals surface area contributed by atoms with Crippen molar-refractivity contribution in [3.8, 4) is 11.4 Å². The number of likely N-dealkylation sites (tertiary alicyclic amines) is 1. The molecule has 13 heteroatoms. The van der Waals surface area contributed by atoms with Crippen LogP contribution in [0, 0.1) is 5.92 Å². The molecular formula is C27H35F3N8O2. The number of aromatic nitrogens is 5. The molecule has 0 radical (unpaired) electrons. The van der Waals surface area contributed by atoms with E-state index in [1.807, 2.05) is 10.7 Å². The van der Waals surface area contributed by atoms with Gasteiger partial charge in [0.1, 0.15) is 17.5 Å². The van der Waals surface area contributed by atoms with E-state index in [4.69, 9.17) is 15.6 Å². The summed E-state index contributed by atoms with van der Waals surface area (Å²) in [5, 5.41) is 13.1. The normalized spacial score (nSPS) is 24.7. The molecule has 2 saturated heterocycles. The summed E-state index contributed by atoms with van der Waals surface area (Å²) < 4.78 is 50.7. The number of amides is 2. The third-order valence-corrected chi connectivity index (χ3v) is 8.37. The predicted octanol–water partition coefficient (Wildman–Crippen LogP) is 5.07. The van der Waals surface area contributed by atoms with Crippen LogP contribution >= 0.6 is 0 Å². The van der Waals surface area contributed by atoms with Crippen molar-refractivity contribution in [2.75, 3.05) is 18.5 Å². The van der Waals surface area contributed by atoms with Gasteiger partial charge in [0, 0.05) is 36.8 Å². The monoisotopic (exact) mass is 560 g/mol. The lowest BCUT2D eigenvalue weighted by atomic mass is 9.82. The van der Waals surface area contributed by atoms with Crippen molar-refractivity contribution >= 4 is 22.6 Å². The number of pyridine rings is 1. The molecule has 3 N–H and O–H groups in total. The van der Waals surface area contributed by atoms with Crippen LogP contribution in [-0.4, -0.2) is 65.9 Å². The molecule has 2 amide bonds. The second-order valence-corrected chi connectivity index (χ2v) is 11.9. The van der Waals surface area contributed by atoms with Crippen LogP contribution in [0.1, 0.15) is 65.0 Å². The quantitative estimate of drug-likeness (QED) is 0.450. The standard InChI is InChI=1S/C27H35F3N8O2/c1-17(2)14-37-21-11-19(32-12-18(21)13-33-37)23-20(15-38(35-23)22-5-3-4-10-40-22)34-24(39)36-9-8-26(31,27(28,29)30)16-25(36)6-7-25/h11-13,15,17,22H,3-10,14,16,31H2,1-2H3,(H,34,39). The fourth-order valence-electron chi connectivity index (χ4n) is 6.00. The van der Waals surface area contributed by atoms with E-state index >= 15 is 0 Å². The Bertz CT molecular complexity index is 1410. The van der Waals surface area contributed by atoms with Gasteiger partial charge >= 0.3 is 12.2 Å². The molecule has 2 aliphatic heterocycles. The third kappa shape index (κ3) is 4.83. The molecule has 3 fully saturated rings. The first-order valence-corrected chi connectivity index (χ1v) is 13.9. The van der Waals surface area contributed by atoms with Crippen molar-refractivity contribution < 1.29 is 22.7 Å². The van der Waals surface area contributed by atoms with E-state index in [1.54, 1.807) is 23.3 Å². The zero-order chi connectivity index (χ0) is 28.3. The largest absolute Gasteiger partial charge is 0.406 e. The number of halogens is 3. The van der Waals surface area contributed by atoms with Crippen LogP contribution in [0.15, 0.2) is 24.7 Å². The Balaban J connectivity index is 1.32. The van der Waals surface area contributed by atoms with Gasteiger partial charge in [0.25, 0.3) is 0 Å². The molecule has 3 aliphatic rings. The van der Waals surface area contributed by atoms with Crippen LogP contribution < -0.4 is 11.1 Å². The average molecular weight is 561 g/mol. The summed E-state index contributed by atoms with van der Waals surface area (Å²) >= 11 is 0. The summed E-state index contributed by atoms with van der Waals surface area (Å²) in [5.74, 6) is 0.390. The molecule has 216 valence electrons. The Morgan fingerprint density at radius 1 is 1.25 bits per heavy atom. The smallest absolute Gasteiger partial charge is 0.357 e. The van der Waals surface area contributed by atoms with Gasteiger partial charge in [0.15, 0.2) is 0 Å². The molecule has 2 unspecified atom stereocenters. The molecule has 1 spiro atoms. The fraction of sp³-hybridized carbons (Fsp3) is 0.630. The number of hydrogen-bond acceptors (Lipinski definition) is 6. The van der Waals surface area contributed by atoms with E-state index < -0.39 is 23.3 Å². The van der Waals surface area contributed by atoms with Crippen LogP contribution in [0.25, 0.3) is 22.3 Å². The molecule has 6 rings (SSSR count). The number of nitrogens with two attached hydrogens (primary N) is 1. The lowest BCUT2D eigenvalue weighted by Crippen LogP contribution is -2.64. The summed E-state index contributed by atoms with van der Waals surface area (Å²) in [4.78, 5) is 19.7. The summed E-state index contributed by atoms with van der Waals surface area (Å²) in [7, 11) is 0. The fourth-order valence-corrected chi connectivity index (χ4v) is 6.00. The van der Waals surface area contributed by atoms with Gasteiger partial charge in [-0.15, -0.1) is 0 Å². The Morgan fingerprint density at radius 2 is 2.05 bits per heavy atom. The summed E-state index contributed by atoms with van der Waals surface area (Å²) in [5.41, 5.74) is 4.99. The zero-order valence-electron chi connectivity index (χ0n) is 22.7. The average Bonchev–Trinajstić information content (AvgIpc) is 3.34. The van der Waals surface area contributed by atoms with Crippen LogP contribution in [-0.2, 0) is 11.3 Å². The third-order valence-electron chi connectivity index (χ3n) is 8.37. The summed E-state index contributed by atoms with van der Waals surface area (Å²) in [6.45, 7) is 5.52. The maximum absolute atomic E-state index is 13.7. The van der Waals surface area contributed by atoms with Crippen LogP contribution in [0.4, 0.5) is 23.7 Å². The maximum Gasteiger partial charge on any atom is 0.406 e. The van der Waals surface area contributed by atoms with E-state index in [2.05, 4.69) is 29.2 Å². The highest BCUT2D eigenvalue weighted by atomic mass is 19.4. The van der Waals surface area contributed by atoms with Gasteiger partial charge in [0.05, 0.1) is 29.3 Å². The second kappa shape index (κ2) is 9.72. The molecule has 5 heterocycles. The molecule has 0 aromatic carbocycles. The minimum Gasteiger partial charge on any atom is -0.357 e. The first-order chi connectivity index (χ1) is 19.0. The van der Waals surface area contributed by atoms with Crippen molar-refractivity contribution in [2.24, 2.45) is 11.7 Å². The van der Waals surface area contributed by atoms with Crippen molar-refractivity contribution in [1.29, 1.82) is 0 Å². The number of nitrogens with one attached hydrogen (secondary N) is 1. The lowest BCUT2D eigenvalue weighted by Gasteiger charge is -2.46. The first kappa shape index (κ1) is 27.0. The highest BCUT2D eigenvalue weighted by Gasteiger charge is 2.64. The topological polar surface area (TPSA) is 116 Å². The van der Waals surface area contributed by atoms with E-state index in [9.17, 15) is 18.0 Å². The Labute approximate surface area is 230 Å². The minimum atomic E-state index is -4.52. The van der Waals surface area contributed by atoms with E-state index in [-0.39, 0.29) is 25.6 Å². The second-order valence-electron chi connectivity index (χ2n) is 11.9. The Hall–Kier alpha value is -3.19. The number of ether oxygens (including phenoxy) is 1. The molecule has 0 bridgehead atoms. The number of piperidine rings is 1. The molecule has 1 saturated carbocycles. The molecule has 40 heavy (non-hydrogen) atoms. The number of hydrogen-bond donors (Lipinski definition) is 2. The zero-order valence-corrected chi connectivity index (χ0v) is 22.7. The van der Waals surface area contributed by atoms with Crippen LogP contribution in [0.3, 0.4) is 0 Å². The van der Waals surface area contributed by atoms with Gasteiger partial charge in [-0.3, -0.25) is 9.67 Å². The molecule has 10 nitrogen and oxygen atoms in total. The van der Waals surface area contributed by atoms with E-state index in [1.165, 1.54) is 4.90 Å². The van der Waals surface area contributed by atoms with Crippen molar-refractivity contribution in [3.63, 3.8) is 0 Å². The Kier molecular flexibility index (Phi) is 6.56. The number of fused-ring (bicyclic) bond motifs is 1. The highest BCUT2D eigenvalue weighted by molar-refractivity contribution is 5.94. The molecule has 3 aromatic rings. The number of alkyl halides is 3. The van der Waals surface area contributed by atoms with Crippen molar-refractivity contribution in [2.45, 2.75) is 88.8 Å². The summed E-state index contributed by atoms with van der Waals surface area (Å²) in [6.07, 6.45) is 3.55. The SMILES string of the molecule is CC(C)Cn1ncc2cnc(-c3nn(C4CCCCO4)cc3NC(=O)N3CCC(N)(C(F)(F)F)CC34CC4)cc21. The van der Waals surface area contributed by atoms with Gasteiger partial charge in [-0.1, -0.05) is 13.8 Å². The number of urea groups is 1. The number of carbonyl (C=O) groups is 1. The molecule has 2 atom stereocenters. The Morgan fingerprint density at radius 3 is 2.73 bits per heavy atom. The highest BCUT2D eigenvalue weighted by Crippen LogP contribution is 2.54. The van der Waals surface area contributed by atoms with Crippen LogP contribution in [0.5, 0.6) is 0 Å². The number of anilines is 1. The number of rotatable bonds is 5. The predicted molar refractivity (Wildman–Crippen MR) is 142 cm³/mol. The summed E-state index contributed by atoms with van der Waals surface area (Å²) in [6, 6.07) is 1.45. The lowest BCUT2D eigenvalue weighted by molar-refractivity contribution is -0.201. The van der Waals surface area contributed by atoms with Gasteiger partial charge in [-0.05, 0) is 56.9 Å². The molecule has 1 aliphatic carbocycles. The molecular weight excluding hydrogens is 525 g/mol. The minimum absolute atomic E-state index is 0.0738. The van der Waals surface area contributed by atoms with E-state index in [0.29, 0.717) is 42.4 Å². The van der Waals surface area contributed by atoms with E-state index in [0.717, 1.165) is 36.7 Å². The molecule has 3 aromatic heterocycles. The van der Waals surface area contributed by atoms with Gasteiger partial charge in [-0.25, -0.2) is 9.48 Å². The maximum atomic E-state index is 13.7. The number of carbonyl (C=O) groups excluding carboxylic acids is 1. The van der Waals surface area contributed by atoms with Gasteiger partial charge in [0.2, 0.25) is 0 Å². The number of nitrogens with zero attached hydrogens (tertiary/aromatic N) is 6. The van der Waals surface area contributed by atoms with Crippen LogP contribution in [0.2, 0.25) is 0 Å². The van der Waals surface area contributed by atoms with Crippen molar-refractivity contribution in [1.82, 2.24) is 29.4 Å². The van der Waals surface area contributed by atoms with Gasteiger partial charge in [-0.2, -0.15) is 23.4 Å². The van der Waals surface area contributed by atoms with Gasteiger partial charge < -0.3 is 20.7 Å².